The molecule has 0 bridgehead atoms. The Bertz CT molecular complexity index is 1470. The number of anilines is 1. The standard InChI is InChI=1S/C25H22N4O7/c1-33-20-10-6-5-9-19(20)26-23(30)14-35-21-12-11-16(13-22(21)34-2)25(32)36-15-29-24(31)17-7-3-4-8-18(17)27-28-29/h3-13H,14-15H2,1-2H3,(H,26,30). The van der Waals surface area contributed by atoms with Gasteiger partial charge in [-0.25, -0.2) is 4.79 Å². The van der Waals surface area contributed by atoms with Crippen molar-refractivity contribution in [1.82, 2.24) is 15.0 Å². The second-order valence-electron chi connectivity index (χ2n) is 7.37. The molecule has 0 aliphatic heterocycles. The number of para-hydroxylation sites is 2. The van der Waals surface area contributed by atoms with Crippen LogP contribution < -0.4 is 25.1 Å². The van der Waals surface area contributed by atoms with E-state index in [9.17, 15) is 14.4 Å². The molecule has 0 saturated carbocycles. The van der Waals surface area contributed by atoms with Gasteiger partial charge in [-0.2, -0.15) is 4.68 Å². The Labute approximate surface area is 205 Å². The van der Waals surface area contributed by atoms with Gasteiger partial charge in [-0.05, 0) is 42.5 Å². The Morgan fingerprint density at radius 1 is 0.917 bits per heavy atom. The molecule has 0 aliphatic carbocycles. The third kappa shape index (κ3) is 5.41. The van der Waals surface area contributed by atoms with Gasteiger partial charge in [0.1, 0.15) is 11.3 Å². The maximum Gasteiger partial charge on any atom is 0.340 e. The molecule has 3 aromatic carbocycles. The topological polar surface area (TPSA) is 131 Å². The highest BCUT2D eigenvalue weighted by molar-refractivity contribution is 5.93. The Morgan fingerprint density at radius 3 is 2.47 bits per heavy atom. The number of rotatable bonds is 9. The SMILES string of the molecule is COc1ccccc1NC(=O)COc1ccc(C(=O)OCn2nnc3ccccc3c2=O)cc1OC. The number of nitrogens with one attached hydrogen (secondary N) is 1. The van der Waals surface area contributed by atoms with Crippen molar-refractivity contribution < 1.29 is 28.5 Å². The van der Waals surface area contributed by atoms with E-state index in [-0.39, 0.29) is 23.7 Å². The van der Waals surface area contributed by atoms with Crippen molar-refractivity contribution in [2.24, 2.45) is 0 Å². The molecular formula is C25H22N4O7. The fraction of sp³-hybridized carbons (Fsp3) is 0.160. The lowest BCUT2D eigenvalue weighted by atomic mass is 10.2. The molecular weight excluding hydrogens is 468 g/mol. The predicted molar refractivity (Wildman–Crippen MR) is 129 cm³/mol. The van der Waals surface area contributed by atoms with Crippen molar-refractivity contribution in [3.8, 4) is 17.2 Å². The minimum atomic E-state index is -0.712. The van der Waals surface area contributed by atoms with E-state index < -0.39 is 24.2 Å². The minimum Gasteiger partial charge on any atom is -0.495 e. The summed E-state index contributed by atoms with van der Waals surface area (Å²) in [5.74, 6) is -0.135. The first-order valence-electron chi connectivity index (χ1n) is 10.7. The Hall–Kier alpha value is -4.93. The number of ether oxygens (including phenoxy) is 4. The second-order valence-corrected chi connectivity index (χ2v) is 7.37. The number of aromatic nitrogens is 3. The first-order chi connectivity index (χ1) is 17.5. The van der Waals surface area contributed by atoms with Crippen molar-refractivity contribution in [1.29, 1.82) is 0 Å². The van der Waals surface area contributed by atoms with E-state index in [1.54, 1.807) is 48.5 Å². The number of fused-ring (bicyclic) bond motifs is 1. The molecule has 0 aliphatic rings. The summed E-state index contributed by atoms with van der Waals surface area (Å²) in [6, 6.07) is 18.1. The van der Waals surface area contributed by atoms with E-state index in [1.165, 1.54) is 32.4 Å². The Kier molecular flexibility index (Phi) is 7.39. The summed E-state index contributed by atoms with van der Waals surface area (Å²) >= 11 is 0. The van der Waals surface area contributed by atoms with E-state index in [1.807, 2.05) is 0 Å². The maximum atomic E-state index is 12.5. The molecule has 11 nitrogen and oxygen atoms in total. The molecule has 1 N–H and O–H groups in total. The average molecular weight is 490 g/mol. The van der Waals surface area contributed by atoms with Gasteiger partial charge in [0.2, 0.25) is 0 Å². The number of benzene rings is 3. The minimum absolute atomic E-state index is 0.152. The number of amides is 1. The third-order valence-electron chi connectivity index (χ3n) is 5.09. The Balaban J connectivity index is 1.38. The number of esters is 1. The van der Waals surface area contributed by atoms with Crippen molar-refractivity contribution in [3.05, 3.63) is 82.6 Å². The van der Waals surface area contributed by atoms with Gasteiger partial charge >= 0.3 is 5.97 Å². The zero-order valence-electron chi connectivity index (χ0n) is 19.5. The Morgan fingerprint density at radius 2 is 1.67 bits per heavy atom. The van der Waals surface area contributed by atoms with Gasteiger partial charge in [-0.3, -0.25) is 9.59 Å². The van der Waals surface area contributed by atoms with Crippen LogP contribution in [-0.4, -0.2) is 47.7 Å². The lowest BCUT2D eigenvalue weighted by Gasteiger charge is -2.13. The molecule has 0 atom stereocenters. The number of nitrogens with zero attached hydrogens (tertiary/aromatic N) is 3. The summed E-state index contributed by atoms with van der Waals surface area (Å²) in [7, 11) is 2.91. The van der Waals surface area contributed by atoms with E-state index in [0.717, 1.165) is 4.68 Å². The summed E-state index contributed by atoms with van der Waals surface area (Å²) in [6.07, 6.45) is 0. The van der Waals surface area contributed by atoms with Crippen molar-refractivity contribution >= 4 is 28.5 Å². The summed E-state index contributed by atoms with van der Waals surface area (Å²) < 4.78 is 22.2. The summed E-state index contributed by atoms with van der Waals surface area (Å²) in [6.45, 7) is -0.721. The molecule has 36 heavy (non-hydrogen) atoms. The number of carbonyl (C=O) groups excluding carboxylic acids is 2. The highest BCUT2D eigenvalue weighted by atomic mass is 16.5. The third-order valence-corrected chi connectivity index (χ3v) is 5.09. The number of carbonyl (C=O) groups is 2. The fourth-order valence-electron chi connectivity index (χ4n) is 3.30. The van der Waals surface area contributed by atoms with Crippen molar-refractivity contribution in [2.45, 2.75) is 6.73 Å². The lowest BCUT2D eigenvalue weighted by Crippen LogP contribution is -2.26. The molecule has 1 heterocycles. The maximum absolute atomic E-state index is 12.5. The highest BCUT2D eigenvalue weighted by Gasteiger charge is 2.15. The van der Waals surface area contributed by atoms with Gasteiger partial charge in [0.25, 0.3) is 11.5 Å². The van der Waals surface area contributed by atoms with E-state index >= 15 is 0 Å². The summed E-state index contributed by atoms with van der Waals surface area (Å²) in [5, 5.41) is 10.8. The van der Waals surface area contributed by atoms with Crippen LogP contribution in [0.1, 0.15) is 10.4 Å². The highest BCUT2D eigenvalue weighted by Crippen LogP contribution is 2.29. The molecule has 4 aromatic rings. The lowest BCUT2D eigenvalue weighted by molar-refractivity contribution is -0.118. The normalized spacial score (nSPS) is 10.5. The molecule has 0 spiro atoms. The first-order valence-corrected chi connectivity index (χ1v) is 10.7. The molecule has 11 heteroatoms. The van der Waals surface area contributed by atoms with Gasteiger partial charge in [-0.1, -0.05) is 29.5 Å². The fourth-order valence-corrected chi connectivity index (χ4v) is 3.30. The molecule has 1 aromatic heterocycles. The predicted octanol–water partition coefficient (Wildman–Crippen LogP) is 2.64. The quantitative estimate of drug-likeness (QED) is 0.352. The van der Waals surface area contributed by atoms with Gasteiger partial charge in [-0.15, -0.1) is 5.10 Å². The number of hydrogen-bond donors (Lipinski definition) is 1. The number of hydrogen-bond acceptors (Lipinski definition) is 9. The number of methoxy groups -OCH3 is 2. The van der Waals surface area contributed by atoms with Crippen LogP contribution in [-0.2, 0) is 16.3 Å². The van der Waals surface area contributed by atoms with Gasteiger partial charge in [0.05, 0.1) is 30.9 Å². The molecule has 0 fully saturated rings. The van der Waals surface area contributed by atoms with Crippen LogP contribution >= 0.6 is 0 Å². The van der Waals surface area contributed by atoms with Crippen LogP contribution in [0.15, 0.2) is 71.5 Å². The van der Waals surface area contributed by atoms with Crippen LogP contribution in [0.2, 0.25) is 0 Å². The van der Waals surface area contributed by atoms with Crippen LogP contribution in [0.3, 0.4) is 0 Å². The average Bonchev–Trinajstić information content (AvgIpc) is 2.91. The molecule has 184 valence electrons. The van der Waals surface area contributed by atoms with Gasteiger partial charge < -0.3 is 24.3 Å². The van der Waals surface area contributed by atoms with E-state index in [0.29, 0.717) is 22.3 Å². The van der Waals surface area contributed by atoms with Crippen LogP contribution in [0, 0.1) is 0 Å². The zero-order valence-corrected chi connectivity index (χ0v) is 19.5. The molecule has 0 saturated heterocycles. The van der Waals surface area contributed by atoms with Gasteiger partial charge in [0, 0.05) is 0 Å². The van der Waals surface area contributed by atoms with Crippen molar-refractivity contribution in [2.75, 3.05) is 26.1 Å². The van der Waals surface area contributed by atoms with Crippen LogP contribution in [0.4, 0.5) is 5.69 Å². The smallest absolute Gasteiger partial charge is 0.340 e. The van der Waals surface area contributed by atoms with E-state index in [4.69, 9.17) is 18.9 Å². The molecule has 0 unspecified atom stereocenters. The second kappa shape index (κ2) is 11.0. The van der Waals surface area contributed by atoms with E-state index in [2.05, 4.69) is 15.6 Å². The summed E-state index contributed by atoms with van der Waals surface area (Å²) in [5.41, 5.74) is 0.677. The largest absolute Gasteiger partial charge is 0.495 e. The van der Waals surface area contributed by atoms with Crippen molar-refractivity contribution in [3.63, 3.8) is 0 Å². The summed E-state index contributed by atoms with van der Waals surface area (Å²) in [4.78, 5) is 37.4. The van der Waals surface area contributed by atoms with Crippen LogP contribution in [0.5, 0.6) is 17.2 Å². The molecule has 0 radical (unpaired) electrons. The monoisotopic (exact) mass is 490 g/mol. The molecule has 1 amide bonds. The first kappa shape index (κ1) is 24.2. The van der Waals surface area contributed by atoms with Gasteiger partial charge in [0.15, 0.2) is 24.8 Å². The zero-order chi connectivity index (χ0) is 25.5. The van der Waals surface area contributed by atoms with Crippen LogP contribution in [0.25, 0.3) is 10.9 Å². The molecule has 4 rings (SSSR count).